The minimum atomic E-state index is -1.04. The lowest BCUT2D eigenvalue weighted by molar-refractivity contribution is -0.113. The summed E-state index contributed by atoms with van der Waals surface area (Å²) in [4.78, 5) is 44.3. The molecule has 1 aliphatic heterocycles. The average molecular weight is 701 g/mol. The van der Waals surface area contributed by atoms with Gasteiger partial charge in [-0.05, 0) is 78.2 Å². The summed E-state index contributed by atoms with van der Waals surface area (Å²) in [5, 5.41) is 13.0. The van der Waals surface area contributed by atoms with E-state index in [9.17, 15) is 19.5 Å². The second-order valence-electron chi connectivity index (χ2n) is 10.8. The first-order chi connectivity index (χ1) is 23.1. The number of thiazole rings is 1. The van der Waals surface area contributed by atoms with Gasteiger partial charge in [0.25, 0.3) is 11.5 Å². The number of carbonyl (C=O) groups excluding carboxylic acids is 1. The number of hydrogen-bond donors (Lipinski definition) is 2. The number of nitrogens with zero attached hydrogens (tertiary/aromatic N) is 2. The van der Waals surface area contributed by atoms with Gasteiger partial charge in [0.05, 0.1) is 39.5 Å². The monoisotopic (exact) mass is 699 g/mol. The number of nitrogens with one attached hydrogen (secondary N) is 1. The molecule has 1 amide bonds. The van der Waals surface area contributed by atoms with Crippen molar-refractivity contribution in [3.8, 4) is 11.5 Å². The number of halogens is 2. The molecule has 2 heterocycles. The van der Waals surface area contributed by atoms with Crippen LogP contribution in [0.25, 0.3) is 6.08 Å². The number of anilines is 1. The minimum Gasteiger partial charge on any atom is -0.493 e. The van der Waals surface area contributed by atoms with Crippen LogP contribution in [0.1, 0.15) is 40.0 Å². The van der Waals surface area contributed by atoms with Gasteiger partial charge in [-0.25, -0.2) is 9.79 Å². The fourth-order valence-electron chi connectivity index (χ4n) is 5.36. The zero-order valence-electron chi connectivity index (χ0n) is 25.6. The number of carbonyl (C=O) groups is 2. The highest BCUT2D eigenvalue weighted by molar-refractivity contribution is 7.07. The minimum absolute atomic E-state index is 0.0549. The second kappa shape index (κ2) is 13.9. The molecule has 12 heteroatoms. The average Bonchev–Trinajstić information content (AvgIpc) is 3.37. The van der Waals surface area contributed by atoms with Gasteiger partial charge in [0.15, 0.2) is 16.3 Å². The van der Waals surface area contributed by atoms with E-state index in [-0.39, 0.29) is 34.4 Å². The number of para-hydroxylation sites is 1. The maximum atomic E-state index is 14.1. The van der Waals surface area contributed by atoms with Crippen LogP contribution in [0, 0.1) is 0 Å². The lowest BCUT2D eigenvalue weighted by atomic mass is 9.95. The van der Waals surface area contributed by atoms with Crippen molar-refractivity contribution in [1.29, 1.82) is 0 Å². The van der Waals surface area contributed by atoms with Crippen molar-refractivity contribution in [3.05, 3.63) is 154 Å². The van der Waals surface area contributed by atoms with Crippen molar-refractivity contribution < 1.29 is 24.2 Å². The number of amides is 1. The highest BCUT2D eigenvalue weighted by Gasteiger charge is 2.32. The predicted octanol–water partition coefficient (Wildman–Crippen LogP) is 6.47. The summed E-state index contributed by atoms with van der Waals surface area (Å²) >= 11 is 14.0. The van der Waals surface area contributed by atoms with Crippen LogP contribution in [0.3, 0.4) is 0 Å². The van der Waals surface area contributed by atoms with E-state index in [0.717, 1.165) is 0 Å². The van der Waals surface area contributed by atoms with Crippen LogP contribution in [-0.2, 0) is 11.4 Å². The molecule has 0 bridgehead atoms. The molecule has 0 unspecified atom stereocenters. The van der Waals surface area contributed by atoms with Crippen LogP contribution in [0.2, 0.25) is 10.0 Å². The van der Waals surface area contributed by atoms with Crippen LogP contribution in [0.5, 0.6) is 11.5 Å². The molecule has 0 fully saturated rings. The van der Waals surface area contributed by atoms with Crippen molar-refractivity contribution in [3.63, 3.8) is 0 Å². The number of fused-ring (bicyclic) bond motifs is 1. The van der Waals surface area contributed by atoms with Gasteiger partial charge >= 0.3 is 5.97 Å². The number of carboxylic acids is 1. The van der Waals surface area contributed by atoms with Gasteiger partial charge < -0.3 is 19.9 Å². The van der Waals surface area contributed by atoms with E-state index in [1.165, 1.54) is 35.1 Å². The zero-order chi connectivity index (χ0) is 33.9. The third-order valence-corrected chi connectivity index (χ3v) is 9.11. The molecule has 2 N–H and O–H groups in total. The molecule has 0 saturated heterocycles. The van der Waals surface area contributed by atoms with Crippen LogP contribution < -0.4 is 29.7 Å². The van der Waals surface area contributed by atoms with Crippen LogP contribution in [0.4, 0.5) is 5.69 Å². The molecule has 5 aromatic rings. The van der Waals surface area contributed by atoms with Gasteiger partial charge in [-0.3, -0.25) is 14.2 Å². The first-order valence-electron chi connectivity index (χ1n) is 14.6. The zero-order valence-corrected chi connectivity index (χ0v) is 27.9. The molecule has 0 aliphatic carbocycles. The van der Waals surface area contributed by atoms with Gasteiger partial charge in [0, 0.05) is 10.7 Å². The van der Waals surface area contributed by atoms with E-state index in [0.29, 0.717) is 53.8 Å². The summed E-state index contributed by atoms with van der Waals surface area (Å²) in [6, 6.07) is 25.1. The summed E-state index contributed by atoms with van der Waals surface area (Å²) in [7, 11) is 1.47. The molecule has 6 rings (SSSR count). The number of ether oxygens (including phenoxy) is 2. The van der Waals surface area contributed by atoms with Gasteiger partial charge in [-0.15, -0.1) is 0 Å². The number of hydrogen-bond acceptors (Lipinski definition) is 7. The molecule has 1 aliphatic rings. The second-order valence-corrected chi connectivity index (χ2v) is 12.6. The Kier molecular flexibility index (Phi) is 9.49. The Morgan fingerprint density at radius 2 is 1.77 bits per heavy atom. The number of carboxylic acid groups (broad SMARTS) is 1. The standard InChI is InChI=1S/C36H27Cl2N3O6S/c1-20-30(33(42)40-26-9-4-3-5-10-26)31(23-11-13-25(37)14-12-23)41-34(43)29(48-36(41)39-20)18-22-16-27(38)32(28(17-22)46-2)47-19-21-7-6-8-24(15-21)35(44)45/h3-18,31H,19H2,1-2H3,(H,40,42)(H,44,45)/b29-18+/t31-/m1/s1. The van der Waals surface area contributed by atoms with Crippen molar-refractivity contribution in [2.45, 2.75) is 19.6 Å². The van der Waals surface area contributed by atoms with Gasteiger partial charge in [-0.2, -0.15) is 0 Å². The number of methoxy groups -OCH3 is 1. The number of allylic oxidation sites excluding steroid dienone is 1. The summed E-state index contributed by atoms with van der Waals surface area (Å²) in [5.41, 5.74) is 3.13. The molecular weight excluding hydrogens is 673 g/mol. The highest BCUT2D eigenvalue weighted by Crippen LogP contribution is 2.37. The van der Waals surface area contributed by atoms with Crippen LogP contribution >= 0.6 is 34.5 Å². The smallest absolute Gasteiger partial charge is 0.335 e. The Balaban J connectivity index is 1.38. The fraction of sp³-hybridized carbons (Fsp3) is 0.111. The summed E-state index contributed by atoms with van der Waals surface area (Å²) in [5.74, 6) is -0.821. The topological polar surface area (TPSA) is 119 Å². The lowest BCUT2D eigenvalue weighted by Gasteiger charge is -2.25. The molecule has 242 valence electrons. The molecule has 0 radical (unpaired) electrons. The Bertz CT molecular complexity index is 2260. The molecular formula is C36H27Cl2N3O6S. The molecule has 4 aromatic carbocycles. The first-order valence-corrected chi connectivity index (χ1v) is 16.2. The fourth-order valence-corrected chi connectivity index (χ4v) is 6.80. The third kappa shape index (κ3) is 6.77. The normalized spacial score (nSPS) is 14.2. The van der Waals surface area contributed by atoms with E-state index in [2.05, 4.69) is 10.3 Å². The van der Waals surface area contributed by atoms with Crippen molar-refractivity contribution >= 4 is 58.2 Å². The summed E-state index contributed by atoms with van der Waals surface area (Å²) < 4.78 is 13.4. The van der Waals surface area contributed by atoms with Crippen LogP contribution in [-0.4, -0.2) is 28.7 Å². The first kappa shape index (κ1) is 32.8. The van der Waals surface area contributed by atoms with E-state index < -0.39 is 12.0 Å². The lowest BCUT2D eigenvalue weighted by Crippen LogP contribution is -2.40. The molecule has 1 atom stereocenters. The van der Waals surface area contributed by atoms with E-state index in [4.69, 9.17) is 32.7 Å². The Labute approximate surface area is 288 Å². The largest absolute Gasteiger partial charge is 0.493 e. The Morgan fingerprint density at radius 3 is 2.48 bits per heavy atom. The van der Waals surface area contributed by atoms with Crippen molar-refractivity contribution in [1.82, 2.24) is 4.57 Å². The summed E-state index contributed by atoms with van der Waals surface area (Å²) in [6.45, 7) is 1.81. The van der Waals surface area contributed by atoms with E-state index in [1.54, 1.807) is 73.7 Å². The number of benzene rings is 4. The van der Waals surface area contributed by atoms with Gasteiger partial charge in [0.2, 0.25) is 0 Å². The van der Waals surface area contributed by atoms with Crippen molar-refractivity contribution in [2.24, 2.45) is 4.99 Å². The SMILES string of the molecule is COc1cc(/C=c2/sc3n(c2=O)[C@H](c2ccc(Cl)cc2)C(C(=O)Nc2ccccc2)=C(C)N=3)cc(Cl)c1OCc1cccc(C(=O)O)c1. The molecule has 0 saturated carbocycles. The Morgan fingerprint density at radius 1 is 1.02 bits per heavy atom. The molecule has 48 heavy (non-hydrogen) atoms. The number of aromatic carboxylic acids is 1. The van der Waals surface area contributed by atoms with Gasteiger partial charge in [-0.1, -0.05) is 77.0 Å². The maximum absolute atomic E-state index is 14.1. The predicted molar refractivity (Wildman–Crippen MR) is 186 cm³/mol. The van der Waals surface area contributed by atoms with E-state index in [1.807, 2.05) is 18.2 Å². The van der Waals surface area contributed by atoms with Crippen LogP contribution in [0.15, 0.2) is 112 Å². The maximum Gasteiger partial charge on any atom is 0.335 e. The number of rotatable bonds is 9. The van der Waals surface area contributed by atoms with E-state index >= 15 is 0 Å². The molecule has 9 nitrogen and oxygen atoms in total. The number of aromatic nitrogens is 1. The molecule has 1 aromatic heterocycles. The highest BCUT2D eigenvalue weighted by atomic mass is 35.5. The quantitative estimate of drug-likeness (QED) is 0.182. The third-order valence-electron chi connectivity index (χ3n) is 7.59. The Hall–Kier alpha value is -5.16. The molecule has 0 spiro atoms. The van der Waals surface area contributed by atoms with Gasteiger partial charge in [0.1, 0.15) is 6.61 Å². The summed E-state index contributed by atoms with van der Waals surface area (Å²) in [6.07, 6.45) is 1.68. The van der Waals surface area contributed by atoms with Crippen molar-refractivity contribution in [2.75, 3.05) is 12.4 Å².